The van der Waals surface area contributed by atoms with Crippen LogP contribution in [-0.4, -0.2) is 35.4 Å². The second-order valence-corrected chi connectivity index (χ2v) is 5.18. The summed E-state index contributed by atoms with van der Waals surface area (Å²) in [6.07, 6.45) is 3.58. The molecule has 1 aromatic heterocycles. The van der Waals surface area contributed by atoms with E-state index in [0.29, 0.717) is 33.3 Å². The largest absolute Gasteiger partial charge is 0.484 e. The Balaban J connectivity index is 2.19. The third-order valence-electron chi connectivity index (χ3n) is 3.09. The van der Waals surface area contributed by atoms with E-state index in [2.05, 4.69) is 21.9 Å². The quantitative estimate of drug-likeness (QED) is 0.609. The zero-order valence-corrected chi connectivity index (χ0v) is 13.8. The van der Waals surface area contributed by atoms with Crippen molar-refractivity contribution in [2.45, 2.75) is 19.8 Å². The van der Waals surface area contributed by atoms with Crippen LogP contribution in [0.4, 0.5) is 0 Å². The number of benzene rings is 1. The number of halogens is 1. The van der Waals surface area contributed by atoms with Gasteiger partial charge in [0.05, 0.1) is 17.1 Å². The number of hydrogen-bond acceptors (Lipinski definition) is 5. The van der Waals surface area contributed by atoms with Gasteiger partial charge in [0.15, 0.2) is 11.4 Å². The van der Waals surface area contributed by atoms with Crippen LogP contribution in [-0.2, 0) is 11.2 Å². The van der Waals surface area contributed by atoms with Gasteiger partial charge in [-0.15, -0.1) is 0 Å². The number of carboxylic acids is 1. The number of nitrogens with zero attached hydrogens (tertiary/aromatic N) is 3. The molecule has 0 saturated carbocycles. The van der Waals surface area contributed by atoms with Crippen LogP contribution in [0.15, 0.2) is 38.9 Å². The summed E-state index contributed by atoms with van der Waals surface area (Å²) in [6.45, 7) is 5.36. The lowest BCUT2D eigenvalue weighted by Gasteiger charge is -2.07. The average molecular weight is 350 g/mol. The summed E-state index contributed by atoms with van der Waals surface area (Å²) >= 11 is 6.21. The van der Waals surface area contributed by atoms with Gasteiger partial charge in [0.25, 0.3) is 0 Å². The smallest absolute Gasteiger partial charge is 0.303 e. The maximum Gasteiger partial charge on any atom is 0.303 e. The minimum atomic E-state index is -0.901. The summed E-state index contributed by atoms with van der Waals surface area (Å²) in [4.78, 5) is 18.5. The number of carbonyl (C=O) groups is 1. The number of rotatable bonds is 7. The third kappa shape index (κ3) is 4.42. The molecule has 0 saturated heterocycles. The number of aliphatic imine (C=N–C) groups is 2. The van der Waals surface area contributed by atoms with E-state index >= 15 is 0 Å². The molecule has 1 aromatic carbocycles. The summed E-state index contributed by atoms with van der Waals surface area (Å²) in [5.41, 5.74) is 1.01. The molecule has 0 bridgehead atoms. The molecule has 0 unspecified atom stereocenters. The van der Waals surface area contributed by atoms with E-state index < -0.39 is 5.97 Å². The first-order valence-corrected chi connectivity index (χ1v) is 7.50. The Kier molecular flexibility index (Phi) is 6.08. The molecule has 7 nitrogen and oxygen atoms in total. The van der Waals surface area contributed by atoms with E-state index in [9.17, 15) is 4.79 Å². The van der Waals surface area contributed by atoms with Crippen LogP contribution in [0.2, 0.25) is 5.02 Å². The molecule has 126 valence electrons. The predicted molar refractivity (Wildman–Crippen MR) is 92.3 cm³/mol. The molecular weight excluding hydrogens is 334 g/mol. The number of aliphatic carboxylic acids is 1. The monoisotopic (exact) mass is 349 g/mol. The van der Waals surface area contributed by atoms with Crippen LogP contribution in [0.25, 0.3) is 11.0 Å². The van der Waals surface area contributed by atoms with Gasteiger partial charge < -0.3 is 14.4 Å². The fourth-order valence-corrected chi connectivity index (χ4v) is 2.15. The molecule has 0 atom stereocenters. The number of aryl methyl sites for hydroxylation is 1. The van der Waals surface area contributed by atoms with Crippen molar-refractivity contribution in [2.24, 2.45) is 9.98 Å². The Labute approximate surface area is 143 Å². The second kappa shape index (κ2) is 8.26. The number of hydrogen-bond donors (Lipinski definition) is 1. The van der Waals surface area contributed by atoms with E-state index in [1.807, 2.05) is 6.92 Å². The second-order valence-electron chi connectivity index (χ2n) is 4.78. The van der Waals surface area contributed by atoms with Crippen molar-refractivity contribution in [1.82, 2.24) is 5.16 Å². The van der Waals surface area contributed by atoms with Crippen molar-refractivity contribution in [3.05, 3.63) is 35.1 Å². The summed E-state index contributed by atoms with van der Waals surface area (Å²) in [5, 5.41) is 13.7. The van der Waals surface area contributed by atoms with Crippen LogP contribution >= 0.6 is 11.6 Å². The Hall–Kier alpha value is -2.67. The van der Waals surface area contributed by atoms with Gasteiger partial charge in [-0.25, -0.2) is 9.98 Å². The molecule has 0 aliphatic heterocycles. The molecule has 24 heavy (non-hydrogen) atoms. The first kappa shape index (κ1) is 17.7. The molecule has 8 heteroatoms. The molecule has 0 fully saturated rings. The number of amidine groups is 1. The fraction of sp³-hybridized carbons (Fsp3) is 0.250. The lowest BCUT2D eigenvalue weighted by Crippen LogP contribution is -2.08. The zero-order valence-electron chi connectivity index (χ0n) is 13.0. The van der Waals surface area contributed by atoms with Crippen LogP contribution < -0.4 is 4.74 Å². The van der Waals surface area contributed by atoms with Gasteiger partial charge in [0.2, 0.25) is 0 Å². The normalized spacial score (nSPS) is 12.0. The Morgan fingerprint density at radius 1 is 1.54 bits per heavy atom. The maximum atomic E-state index is 10.7. The van der Waals surface area contributed by atoms with Gasteiger partial charge in [-0.3, -0.25) is 4.79 Å². The van der Waals surface area contributed by atoms with E-state index in [4.69, 9.17) is 26.0 Å². The summed E-state index contributed by atoms with van der Waals surface area (Å²) < 4.78 is 10.8. The van der Waals surface area contributed by atoms with E-state index in [0.717, 1.165) is 0 Å². The number of fused-ring (bicyclic) bond motifs is 1. The van der Waals surface area contributed by atoms with Gasteiger partial charge in [-0.05, 0) is 19.7 Å². The molecule has 1 heterocycles. The molecule has 2 rings (SSSR count). The Morgan fingerprint density at radius 3 is 3.00 bits per heavy atom. The van der Waals surface area contributed by atoms with Gasteiger partial charge in [0.1, 0.15) is 12.4 Å². The molecule has 0 aliphatic carbocycles. The predicted octanol–water partition coefficient (Wildman–Crippen LogP) is 3.51. The molecule has 1 N–H and O–H groups in total. The van der Waals surface area contributed by atoms with Gasteiger partial charge in [-0.1, -0.05) is 22.8 Å². The van der Waals surface area contributed by atoms with Crippen LogP contribution in [0.3, 0.4) is 0 Å². The fourth-order valence-electron chi connectivity index (χ4n) is 1.93. The van der Waals surface area contributed by atoms with Crippen molar-refractivity contribution in [2.75, 3.05) is 6.61 Å². The average Bonchev–Trinajstić information content (AvgIpc) is 2.94. The Bertz CT molecular complexity index is 811. The highest BCUT2D eigenvalue weighted by Crippen LogP contribution is 2.32. The molecule has 0 spiro atoms. The minimum Gasteiger partial charge on any atom is -0.484 e. The standard InChI is InChI=1S/C16H16ClN3O4/c1-3-6-19-15(18-2)9-23-14-8-13-10(7-11(14)17)12(20-24-13)4-5-16(21)22/h3,6-8H,2,4-5,9H2,1H3,(H,21,22)/b6-3-,19-15?. The highest BCUT2D eigenvalue weighted by atomic mass is 35.5. The number of aromatic nitrogens is 1. The van der Waals surface area contributed by atoms with Gasteiger partial charge in [0, 0.05) is 24.1 Å². The number of carboxylic acid groups (broad SMARTS) is 1. The van der Waals surface area contributed by atoms with Gasteiger partial charge in [-0.2, -0.15) is 0 Å². The molecular formula is C16H16ClN3O4. The van der Waals surface area contributed by atoms with Crippen LogP contribution in [0.5, 0.6) is 5.75 Å². The van der Waals surface area contributed by atoms with Crippen molar-refractivity contribution in [3.63, 3.8) is 0 Å². The molecule has 2 aromatic rings. The SMILES string of the molecule is C=NC(COc1cc2onc(CCC(=O)O)c2cc1Cl)=N/C=C\C. The van der Waals surface area contributed by atoms with Crippen LogP contribution in [0, 0.1) is 0 Å². The van der Waals surface area contributed by atoms with Crippen molar-refractivity contribution < 1.29 is 19.2 Å². The minimum absolute atomic E-state index is 0.0344. The Morgan fingerprint density at radius 2 is 2.33 bits per heavy atom. The number of ether oxygens (including phenoxy) is 1. The lowest BCUT2D eigenvalue weighted by atomic mass is 10.1. The zero-order chi connectivity index (χ0) is 17.5. The van der Waals surface area contributed by atoms with Crippen molar-refractivity contribution in [1.29, 1.82) is 0 Å². The highest BCUT2D eigenvalue weighted by molar-refractivity contribution is 6.32. The van der Waals surface area contributed by atoms with E-state index in [1.165, 1.54) is 0 Å². The van der Waals surface area contributed by atoms with Gasteiger partial charge >= 0.3 is 5.97 Å². The third-order valence-corrected chi connectivity index (χ3v) is 3.38. The van der Waals surface area contributed by atoms with Crippen LogP contribution in [0.1, 0.15) is 19.0 Å². The van der Waals surface area contributed by atoms with Crippen molar-refractivity contribution >= 4 is 41.1 Å². The lowest BCUT2D eigenvalue weighted by molar-refractivity contribution is -0.136. The molecule has 0 amide bonds. The van der Waals surface area contributed by atoms with E-state index in [1.54, 1.807) is 24.4 Å². The molecule has 0 radical (unpaired) electrons. The first-order valence-electron chi connectivity index (χ1n) is 7.12. The maximum absolute atomic E-state index is 10.7. The number of allylic oxidation sites excluding steroid dienone is 1. The highest BCUT2D eigenvalue weighted by Gasteiger charge is 2.14. The summed E-state index contributed by atoms with van der Waals surface area (Å²) in [7, 11) is 0. The topological polar surface area (TPSA) is 97.3 Å². The van der Waals surface area contributed by atoms with Crippen molar-refractivity contribution in [3.8, 4) is 5.75 Å². The first-order chi connectivity index (χ1) is 11.5. The van der Waals surface area contributed by atoms with E-state index in [-0.39, 0.29) is 19.4 Å². The summed E-state index contributed by atoms with van der Waals surface area (Å²) in [5.74, 6) is -0.104. The molecule has 0 aliphatic rings. The summed E-state index contributed by atoms with van der Waals surface area (Å²) in [6, 6.07) is 3.25.